The van der Waals surface area contributed by atoms with Gasteiger partial charge in [-0.3, -0.25) is 5.32 Å². The Morgan fingerprint density at radius 2 is 1.78 bits per heavy atom. The molecule has 124 valence electrons. The number of fused-ring (bicyclic) bond motifs is 2. The van der Waals surface area contributed by atoms with Crippen LogP contribution in [0.3, 0.4) is 0 Å². The lowest BCUT2D eigenvalue weighted by Crippen LogP contribution is -2.45. The molecule has 0 unspecified atom stereocenters. The molecule has 0 atom stereocenters. The molecule has 0 amide bonds. The molecule has 0 fully saturated rings. The minimum absolute atomic E-state index is 0.0672. The third-order valence-electron chi connectivity index (χ3n) is 4.60. The molecule has 0 saturated carbocycles. The minimum atomic E-state index is 0.0672. The highest BCUT2D eigenvalue weighted by atomic mass is 16.5. The molecule has 0 spiro atoms. The first kappa shape index (κ1) is 15.7. The van der Waals surface area contributed by atoms with E-state index in [1.807, 2.05) is 12.1 Å². The number of aryl methyl sites for hydroxylation is 2. The van der Waals surface area contributed by atoms with Gasteiger partial charge < -0.3 is 15.3 Å². The highest BCUT2D eigenvalue weighted by Crippen LogP contribution is 2.24. The van der Waals surface area contributed by atoms with Gasteiger partial charge in [-0.05, 0) is 49.5 Å². The maximum absolute atomic E-state index is 12.5. The number of hydrogen-bond acceptors (Lipinski definition) is 5. The van der Waals surface area contributed by atoms with Crippen LogP contribution in [0.1, 0.15) is 31.4 Å². The highest BCUT2D eigenvalue weighted by molar-refractivity contribution is 5.71. The van der Waals surface area contributed by atoms with Crippen LogP contribution in [0.25, 0.3) is 11.0 Å². The smallest absolute Gasteiger partial charge is 0.461 e. The topological polar surface area (TPSA) is 82.0 Å². The number of benzene rings is 1. The lowest BCUT2D eigenvalue weighted by Gasteiger charge is -2.17. The molecule has 1 aliphatic carbocycles. The number of rotatable bonds is 6. The van der Waals surface area contributed by atoms with Gasteiger partial charge in [0.15, 0.2) is 5.52 Å². The van der Waals surface area contributed by atoms with Gasteiger partial charge >= 0.3 is 5.95 Å². The summed E-state index contributed by atoms with van der Waals surface area (Å²) in [6, 6.07) is 3.65. The summed E-state index contributed by atoms with van der Waals surface area (Å²) >= 11 is 0. The maximum atomic E-state index is 12.5. The van der Waals surface area contributed by atoms with Gasteiger partial charge in [-0.1, -0.05) is 13.8 Å². The fourth-order valence-electron chi connectivity index (χ4n) is 3.18. The molecule has 0 saturated heterocycles. The molecule has 23 heavy (non-hydrogen) atoms. The Labute approximate surface area is 135 Å². The van der Waals surface area contributed by atoms with Crippen molar-refractivity contribution in [2.75, 3.05) is 31.5 Å². The molecule has 1 heterocycles. The SMILES string of the molecule is CCN(CC)CCNc1n[n+]([O-])c2cc3c(cc2[n+]1[O-])CCC3. The van der Waals surface area contributed by atoms with Crippen LogP contribution in [0.4, 0.5) is 5.95 Å². The van der Waals surface area contributed by atoms with Crippen molar-refractivity contribution in [1.82, 2.24) is 10.00 Å². The van der Waals surface area contributed by atoms with Crippen LogP contribution < -0.4 is 14.9 Å². The zero-order valence-electron chi connectivity index (χ0n) is 13.7. The van der Waals surface area contributed by atoms with Crippen molar-refractivity contribution in [1.29, 1.82) is 0 Å². The van der Waals surface area contributed by atoms with Crippen molar-refractivity contribution in [3.8, 4) is 0 Å². The third kappa shape index (κ3) is 3.01. The first-order chi connectivity index (χ1) is 11.1. The van der Waals surface area contributed by atoms with Crippen molar-refractivity contribution in [2.24, 2.45) is 0 Å². The van der Waals surface area contributed by atoms with Crippen LogP contribution >= 0.6 is 0 Å². The van der Waals surface area contributed by atoms with E-state index >= 15 is 0 Å². The predicted molar refractivity (Wildman–Crippen MR) is 88.0 cm³/mol. The summed E-state index contributed by atoms with van der Waals surface area (Å²) in [6.07, 6.45) is 3.01. The van der Waals surface area contributed by atoms with Gasteiger partial charge in [-0.25, -0.2) is 4.73 Å². The Morgan fingerprint density at radius 1 is 1.13 bits per heavy atom. The predicted octanol–water partition coefficient (Wildman–Crippen LogP) is 0.744. The summed E-state index contributed by atoms with van der Waals surface area (Å²) in [7, 11) is 0. The number of hydrogen-bond donors (Lipinski definition) is 1. The van der Waals surface area contributed by atoms with Crippen molar-refractivity contribution in [2.45, 2.75) is 33.1 Å². The van der Waals surface area contributed by atoms with Crippen LogP contribution in [-0.4, -0.2) is 36.2 Å². The molecule has 2 aromatic rings. The summed E-state index contributed by atoms with van der Waals surface area (Å²) in [4.78, 5) is 2.80. The average molecular weight is 317 g/mol. The molecule has 7 heteroatoms. The van der Waals surface area contributed by atoms with Crippen molar-refractivity contribution in [3.05, 3.63) is 33.7 Å². The average Bonchev–Trinajstić information content (AvgIpc) is 3.02. The largest absolute Gasteiger partial charge is 0.739 e. The zero-order valence-corrected chi connectivity index (χ0v) is 13.7. The Morgan fingerprint density at radius 3 is 2.43 bits per heavy atom. The Hall–Kier alpha value is -2.15. The van der Waals surface area contributed by atoms with Gasteiger partial charge in [0.05, 0.1) is 6.54 Å². The normalized spacial score (nSPS) is 13.7. The van der Waals surface area contributed by atoms with Crippen molar-refractivity contribution >= 4 is 17.0 Å². The molecule has 1 aromatic carbocycles. The van der Waals surface area contributed by atoms with Gasteiger partial charge in [-0.2, -0.15) is 0 Å². The first-order valence-corrected chi connectivity index (χ1v) is 8.29. The molecule has 0 radical (unpaired) electrons. The minimum Gasteiger partial charge on any atom is -0.739 e. The van der Waals surface area contributed by atoms with E-state index in [0.717, 1.165) is 49.2 Å². The molecule has 7 nitrogen and oxygen atoms in total. The van der Waals surface area contributed by atoms with Crippen LogP contribution in [-0.2, 0) is 12.8 Å². The zero-order chi connectivity index (χ0) is 16.4. The van der Waals surface area contributed by atoms with E-state index in [2.05, 4.69) is 29.2 Å². The summed E-state index contributed by atoms with van der Waals surface area (Å²) in [5.41, 5.74) is 3.06. The van der Waals surface area contributed by atoms with E-state index < -0.39 is 0 Å². The maximum Gasteiger partial charge on any atom is 0.461 e. The van der Waals surface area contributed by atoms with Crippen LogP contribution in [0.2, 0.25) is 0 Å². The van der Waals surface area contributed by atoms with Crippen LogP contribution in [0.5, 0.6) is 0 Å². The molecule has 3 rings (SSSR count). The van der Waals surface area contributed by atoms with E-state index in [1.165, 1.54) is 5.56 Å². The Balaban J connectivity index is 1.87. The van der Waals surface area contributed by atoms with Crippen molar-refractivity contribution in [3.63, 3.8) is 0 Å². The Kier molecular flexibility index (Phi) is 4.47. The Bertz CT molecular complexity index is 715. The van der Waals surface area contributed by atoms with Gasteiger partial charge in [0, 0.05) is 17.5 Å². The van der Waals surface area contributed by atoms with E-state index in [1.54, 1.807) is 0 Å². The van der Waals surface area contributed by atoms with E-state index in [-0.39, 0.29) is 5.95 Å². The fraction of sp³-hybridized carbons (Fsp3) is 0.562. The van der Waals surface area contributed by atoms with E-state index in [4.69, 9.17) is 0 Å². The molecular formula is C16H23N5O2. The number of nitrogens with one attached hydrogen (secondary N) is 1. The van der Waals surface area contributed by atoms with Gasteiger partial charge in [0.2, 0.25) is 5.10 Å². The first-order valence-electron chi connectivity index (χ1n) is 8.29. The van der Waals surface area contributed by atoms with Crippen molar-refractivity contribution < 1.29 is 9.58 Å². The lowest BCUT2D eigenvalue weighted by molar-refractivity contribution is -0.672. The third-order valence-corrected chi connectivity index (χ3v) is 4.60. The van der Waals surface area contributed by atoms with Gasteiger partial charge in [0.1, 0.15) is 0 Å². The molecule has 1 N–H and O–H groups in total. The van der Waals surface area contributed by atoms with Gasteiger partial charge in [0.25, 0.3) is 5.52 Å². The van der Waals surface area contributed by atoms with Crippen LogP contribution in [0, 0.1) is 10.4 Å². The second-order valence-electron chi connectivity index (χ2n) is 5.91. The number of likely N-dealkylation sites (N-methyl/N-ethyl adjacent to an activating group) is 1. The molecule has 0 bridgehead atoms. The summed E-state index contributed by atoms with van der Waals surface area (Å²) < 4.78 is 0.741. The quantitative estimate of drug-likeness (QED) is 0.628. The molecular weight excluding hydrogens is 294 g/mol. The second kappa shape index (κ2) is 6.54. The molecule has 1 aromatic heterocycles. The van der Waals surface area contributed by atoms with E-state index in [0.29, 0.717) is 22.4 Å². The second-order valence-corrected chi connectivity index (χ2v) is 5.91. The number of anilines is 1. The lowest BCUT2D eigenvalue weighted by atomic mass is 10.1. The standard InChI is InChI=1S/C16H23N5O2/c1-3-19(4-2)9-8-17-16-18-21(23)15-11-13-7-5-6-12(13)10-14(15)20(16)22/h10-11H,3-9H2,1-2H3,(H,17,18). The number of aromatic nitrogens is 3. The summed E-state index contributed by atoms with van der Waals surface area (Å²) in [5, 5.41) is 31.5. The fourth-order valence-corrected chi connectivity index (χ4v) is 3.18. The monoisotopic (exact) mass is 317 g/mol. The van der Waals surface area contributed by atoms with E-state index in [9.17, 15) is 10.4 Å². The summed E-state index contributed by atoms with van der Waals surface area (Å²) in [5.74, 6) is 0.0672. The highest BCUT2D eigenvalue weighted by Gasteiger charge is 2.23. The number of nitrogens with zero attached hydrogens (tertiary/aromatic N) is 4. The molecule has 1 aliphatic rings. The van der Waals surface area contributed by atoms with Gasteiger partial charge in [-0.15, -0.1) is 0 Å². The summed E-state index contributed by atoms with van der Waals surface area (Å²) in [6.45, 7) is 7.47. The van der Waals surface area contributed by atoms with Crippen LogP contribution in [0.15, 0.2) is 12.1 Å². The molecule has 0 aliphatic heterocycles.